The van der Waals surface area contributed by atoms with Crippen molar-refractivity contribution in [2.24, 2.45) is 5.92 Å². The number of anilines is 2. The predicted molar refractivity (Wildman–Crippen MR) is 330 cm³/mol. The van der Waals surface area contributed by atoms with Crippen LogP contribution in [0, 0.1) is 5.92 Å². The monoisotopic (exact) mass is 1050 g/mol. The van der Waals surface area contributed by atoms with Crippen LogP contribution in [0.4, 0.5) is 11.4 Å². The van der Waals surface area contributed by atoms with Gasteiger partial charge in [-0.15, -0.1) is 0 Å². The minimum Gasteiger partial charge on any atom is -0.457 e. The van der Waals surface area contributed by atoms with E-state index in [0.29, 0.717) is 0 Å². The molecule has 5 aliphatic rings. The zero-order chi connectivity index (χ0) is 54.7. The third kappa shape index (κ3) is 6.59. The van der Waals surface area contributed by atoms with Crippen LogP contribution >= 0.6 is 0 Å². The first-order chi connectivity index (χ1) is 39.3. The van der Waals surface area contributed by atoms with Crippen LogP contribution in [0.25, 0.3) is 44.2 Å². The maximum Gasteiger partial charge on any atom is 0.155 e. The number of hydrogen-bond acceptors (Lipinski definition) is 4. The molecule has 0 radical (unpaired) electrons. The molecular formula is C77H63NO3. The highest BCUT2D eigenvalue weighted by Gasteiger charge is 2.55. The molecule has 0 fully saturated rings. The molecular weight excluding hydrogens is 987 g/mol. The summed E-state index contributed by atoms with van der Waals surface area (Å²) in [4.78, 5) is 2.71. The van der Waals surface area contributed by atoms with E-state index in [1.54, 1.807) is 0 Å². The molecule has 4 heteroatoms. The highest BCUT2D eigenvalue weighted by atomic mass is 16.5. The molecule has 81 heavy (non-hydrogen) atoms. The molecule has 16 rings (SSSR count). The largest absolute Gasteiger partial charge is 0.457 e. The van der Waals surface area contributed by atoms with E-state index in [4.69, 9.17) is 13.9 Å². The molecule has 0 bridgehead atoms. The lowest BCUT2D eigenvalue weighted by molar-refractivity contribution is 0.409. The molecule has 0 N–H and O–H groups in total. The summed E-state index contributed by atoms with van der Waals surface area (Å²) in [6.45, 7) is 16.4. The molecule has 2 spiro atoms. The van der Waals surface area contributed by atoms with Crippen LogP contribution in [0.1, 0.15) is 122 Å². The third-order valence-corrected chi connectivity index (χ3v) is 19.1. The van der Waals surface area contributed by atoms with Gasteiger partial charge in [0.1, 0.15) is 28.4 Å². The number of para-hydroxylation sites is 5. The second kappa shape index (κ2) is 17.1. The Hall–Kier alpha value is -8.86. The molecule has 1 aromatic heterocycles. The van der Waals surface area contributed by atoms with Gasteiger partial charge in [0.25, 0.3) is 0 Å². The van der Waals surface area contributed by atoms with Crippen LogP contribution in [-0.2, 0) is 21.7 Å². The van der Waals surface area contributed by atoms with E-state index in [1.807, 2.05) is 0 Å². The van der Waals surface area contributed by atoms with Gasteiger partial charge in [0, 0.05) is 50.7 Å². The standard InChI is InChI=1S/C77H63NO3/c1-46-21-18-25-55(54-24-19-36-70-71(54)56-23-9-14-32-66(56)79-70)72(46)78(49-39-42-53-50-22-8-10-26-57(50)76(64(53)45-49)58-27-11-15-33-67(58)80-68-34-16-12-28-59(68)76)65-31-20-30-61-73(65)81-69-35-17-13-29-60(69)77(61)62-43-47(74(2,3)4)37-40-51(62)52-41-38-48(44-63(52)77)75(5,6)7/h8-24,26-46,55,72H,25H2,1-7H3. The maximum absolute atomic E-state index is 7.76. The van der Waals surface area contributed by atoms with Gasteiger partial charge in [-0.05, 0) is 133 Å². The SMILES string of the molecule is CC1C=CCC(c2cccc3oc4ccccc4c23)C1N(c1ccc2c(c1)C1(c3ccccc3Oc3ccccc31)c1ccccc1-2)c1cccc2c1Oc1ccccc1C21c2cc(C(C)(C)C)ccc2-c2ccc(C(C)(C)C)cc21. The molecule has 11 aromatic rings. The number of ether oxygens (including phenoxy) is 2. The van der Waals surface area contributed by atoms with Crippen molar-refractivity contribution in [3.8, 4) is 45.3 Å². The van der Waals surface area contributed by atoms with Gasteiger partial charge in [0.2, 0.25) is 0 Å². The van der Waals surface area contributed by atoms with Gasteiger partial charge in [-0.2, -0.15) is 0 Å². The minimum atomic E-state index is -0.711. The number of rotatable bonds is 4. The van der Waals surface area contributed by atoms with Crippen LogP contribution in [0.5, 0.6) is 23.0 Å². The molecule has 0 amide bonds. The van der Waals surface area contributed by atoms with Gasteiger partial charge < -0.3 is 18.8 Å². The lowest BCUT2D eigenvalue weighted by Crippen LogP contribution is -2.43. The number of allylic oxidation sites excluding steroid dienone is 1. The van der Waals surface area contributed by atoms with Crippen LogP contribution in [0.15, 0.2) is 229 Å². The van der Waals surface area contributed by atoms with Crippen LogP contribution in [0.2, 0.25) is 0 Å². The summed E-state index contributed by atoms with van der Waals surface area (Å²) in [5.74, 6) is 3.64. The lowest BCUT2D eigenvalue weighted by Gasteiger charge is -2.46. The summed E-state index contributed by atoms with van der Waals surface area (Å²) in [6.07, 6.45) is 5.72. The summed E-state index contributed by atoms with van der Waals surface area (Å²) in [5.41, 5.74) is 21.0. The summed E-state index contributed by atoms with van der Waals surface area (Å²) in [7, 11) is 0. The first-order valence-electron chi connectivity index (χ1n) is 29.0. The molecule has 3 atom stereocenters. The number of nitrogens with zero attached hydrogens (tertiary/aromatic N) is 1. The van der Waals surface area contributed by atoms with E-state index in [-0.39, 0.29) is 28.7 Å². The second-order valence-electron chi connectivity index (χ2n) is 25.5. The molecule has 0 saturated carbocycles. The van der Waals surface area contributed by atoms with Crippen molar-refractivity contribution < 1.29 is 13.9 Å². The van der Waals surface area contributed by atoms with Crippen molar-refractivity contribution in [1.29, 1.82) is 0 Å². The smallest absolute Gasteiger partial charge is 0.155 e. The van der Waals surface area contributed by atoms with Gasteiger partial charge >= 0.3 is 0 Å². The zero-order valence-electron chi connectivity index (χ0n) is 47.0. The van der Waals surface area contributed by atoms with Crippen LogP contribution < -0.4 is 14.4 Å². The van der Waals surface area contributed by atoms with E-state index >= 15 is 0 Å². The Labute approximate surface area is 475 Å². The second-order valence-corrected chi connectivity index (χ2v) is 25.5. The summed E-state index contributed by atoms with van der Waals surface area (Å²) < 4.78 is 21.3. The number of benzene rings is 10. The average molecular weight is 1050 g/mol. The van der Waals surface area contributed by atoms with Gasteiger partial charge in [-0.3, -0.25) is 0 Å². The topological polar surface area (TPSA) is 34.8 Å². The highest BCUT2D eigenvalue weighted by molar-refractivity contribution is 6.07. The molecule has 2 aliphatic heterocycles. The van der Waals surface area contributed by atoms with Crippen molar-refractivity contribution in [2.75, 3.05) is 4.90 Å². The Kier molecular flexibility index (Phi) is 10.1. The fourth-order valence-corrected chi connectivity index (χ4v) is 15.4. The minimum absolute atomic E-state index is 0.0379. The molecule has 3 unspecified atom stereocenters. The molecule has 3 heterocycles. The van der Waals surface area contributed by atoms with Gasteiger partial charge in [-0.1, -0.05) is 224 Å². The van der Waals surface area contributed by atoms with Gasteiger partial charge in [0.15, 0.2) is 5.75 Å². The summed E-state index contributed by atoms with van der Waals surface area (Å²) in [6, 6.07) is 79.5. The first kappa shape index (κ1) is 48.1. The normalized spacial score (nSPS) is 18.2. The Morgan fingerprint density at radius 1 is 0.444 bits per heavy atom. The Balaban J connectivity index is 1.02. The fourth-order valence-electron chi connectivity index (χ4n) is 15.4. The van der Waals surface area contributed by atoms with Crippen molar-refractivity contribution >= 4 is 33.3 Å². The fraction of sp³-hybridized carbons (Fsp3) is 0.195. The van der Waals surface area contributed by atoms with E-state index in [9.17, 15) is 0 Å². The van der Waals surface area contributed by atoms with Crippen molar-refractivity contribution in [1.82, 2.24) is 0 Å². The molecule has 0 saturated heterocycles. The van der Waals surface area contributed by atoms with Gasteiger partial charge in [-0.25, -0.2) is 0 Å². The number of fused-ring (bicyclic) bond motifs is 21. The van der Waals surface area contributed by atoms with Gasteiger partial charge in [0.05, 0.1) is 16.5 Å². The average Bonchev–Trinajstić information content (AvgIpc) is 4.33. The summed E-state index contributed by atoms with van der Waals surface area (Å²) >= 11 is 0. The predicted octanol–water partition coefficient (Wildman–Crippen LogP) is 20.0. The van der Waals surface area contributed by atoms with Crippen LogP contribution in [0.3, 0.4) is 0 Å². The molecule has 10 aromatic carbocycles. The Bertz CT molecular complexity index is 4370. The van der Waals surface area contributed by atoms with E-state index in [2.05, 4.69) is 278 Å². The van der Waals surface area contributed by atoms with E-state index in [0.717, 1.165) is 79.6 Å². The van der Waals surface area contributed by atoms with Crippen molar-refractivity contribution in [3.05, 3.63) is 286 Å². The van der Waals surface area contributed by atoms with Crippen molar-refractivity contribution in [2.45, 2.75) is 88.5 Å². The van der Waals surface area contributed by atoms with Crippen LogP contribution in [-0.4, -0.2) is 6.04 Å². The quantitative estimate of drug-likeness (QED) is 0.165. The molecule has 3 aliphatic carbocycles. The maximum atomic E-state index is 7.76. The lowest BCUT2D eigenvalue weighted by atomic mass is 9.64. The Morgan fingerprint density at radius 2 is 0.951 bits per heavy atom. The van der Waals surface area contributed by atoms with E-state index < -0.39 is 10.8 Å². The number of furan rings is 1. The Morgan fingerprint density at radius 3 is 1.60 bits per heavy atom. The molecule has 394 valence electrons. The third-order valence-electron chi connectivity index (χ3n) is 19.1. The van der Waals surface area contributed by atoms with E-state index in [1.165, 1.54) is 66.6 Å². The molecule has 4 nitrogen and oxygen atoms in total. The highest BCUT2D eigenvalue weighted by Crippen LogP contribution is 2.67. The summed E-state index contributed by atoms with van der Waals surface area (Å²) in [5, 5.41) is 2.33. The number of hydrogen-bond donors (Lipinski definition) is 0. The first-order valence-corrected chi connectivity index (χ1v) is 29.0. The zero-order valence-corrected chi connectivity index (χ0v) is 47.0. The van der Waals surface area contributed by atoms with Crippen molar-refractivity contribution in [3.63, 3.8) is 0 Å².